The van der Waals surface area contributed by atoms with Crippen LogP contribution in [0.2, 0.25) is 0 Å². The Labute approximate surface area is 160 Å². The molecule has 0 radical (unpaired) electrons. The monoisotopic (exact) mass is 371 g/mol. The van der Waals surface area contributed by atoms with Crippen LogP contribution < -0.4 is 15.8 Å². The summed E-state index contributed by atoms with van der Waals surface area (Å²) in [6.45, 7) is 7.25. The Kier molecular flexibility index (Phi) is 5.21. The largest absolute Gasteiger partial charge is 0.422 e. The molecule has 2 aromatic rings. The molecule has 2 aliphatic heterocycles. The summed E-state index contributed by atoms with van der Waals surface area (Å²) in [4.78, 5) is 17.3. The third-order valence-corrected chi connectivity index (χ3v) is 6.05. The van der Waals surface area contributed by atoms with Gasteiger partial charge in [0.2, 0.25) is 0 Å². The molecule has 0 bridgehead atoms. The number of rotatable bonds is 4. The Morgan fingerprint density at radius 3 is 2.93 bits per heavy atom. The Hall–Kier alpha value is -1.89. The number of nitrogens with one attached hydrogen (secondary N) is 1. The van der Waals surface area contributed by atoms with E-state index in [2.05, 4.69) is 41.2 Å². The zero-order chi connectivity index (χ0) is 19.0. The van der Waals surface area contributed by atoms with Crippen LogP contribution in [0.1, 0.15) is 23.6 Å². The van der Waals surface area contributed by atoms with E-state index in [0.29, 0.717) is 12.6 Å². The van der Waals surface area contributed by atoms with Crippen molar-refractivity contribution in [1.29, 1.82) is 0 Å². The predicted octanol–water partition coefficient (Wildman–Crippen LogP) is 1.77. The summed E-state index contributed by atoms with van der Waals surface area (Å²) in [5.41, 5.74) is 4.89. The second-order valence-corrected chi connectivity index (χ2v) is 7.60. The van der Waals surface area contributed by atoms with Gasteiger partial charge in [-0.1, -0.05) is 6.92 Å². The molecule has 4 rings (SSSR count). The summed E-state index contributed by atoms with van der Waals surface area (Å²) < 4.78 is 11.3. The first-order valence-electron chi connectivity index (χ1n) is 9.89. The molecule has 1 fully saturated rings. The van der Waals surface area contributed by atoms with Gasteiger partial charge >= 0.3 is 5.63 Å². The molecule has 6 heteroatoms. The lowest BCUT2D eigenvalue weighted by Crippen LogP contribution is -2.53. The quantitative estimate of drug-likeness (QED) is 0.827. The number of fused-ring (bicyclic) bond motifs is 3. The molecule has 2 aliphatic rings. The van der Waals surface area contributed by atoms with Crippen LogP contribution in [0.15, 0.2) is 21.3 Å². The van der Waals surface area contributed by atoms with Crippen LogP contribution in [-0.4, -0.2) is 57.9 Å². The summed E-state index contributed by atoms with van der Waals surface area (Å²) >= 11 is 0. The Bertz CT molecular complexity index is 892. The molecule has 1 saturated heterocycles. The SMILES string of the molecule is CCc1c(N2CCN(C)[C@@H](COC)C2)ccc2c3c(c(=O)oc12)CNCC3. The first-order valence-corrected chi connectivity index (χ1v) is 9.89. The molecule has 146 valence electrons. The number of aryl methyl sites for hydroxylation is 1. The number of hydrogen-bond acceptors (Lipinski definition) is 6. The number of likely N-dealkylation sites (N-methyl/N-ethyl adjacent to an activating group) is 1. The molecule has 0 unspecified atom stereocenters. The average Bonchev–Trinajstić information content (AvgIpc) is 2.69. The molecule has 0 aliphatic carbocycles. The molecule has 1 N–H and O–H groups in total. The third kappa shape index (κ3) is 3.26. The van der Waals surface area contributed by atoms with Crippen molar-refractivity contribution in [3.8, 4) is 0 Å². The maximum Gasteiger partial charge on any atom is 0.341 e. The fourth-order valence-electron chi connectivity index (χ4n) is 4.48. The minimum absolute atomic E-state index is 0.188. The van der Waals surface area contributed by atoms with Crippen LogP contribution in [0.5, 0.6) is 0 Å². The summed E-state index contributed by atoms with van der Waals surface area (Å²) in [5, 5.41) is 4.38. The fraction of sp³-hybridized carbons (Fsp3) is 0.571. The van der Waals surface area contributed by atoms with E-state index in [1.807, 2.05) is 0 Å². The maximum absolute atomic E-state index is 12.6. The van der Waals surface area contributed by atoms with E-state index >= 15 is 0 Å². The molecule has 6 nitrogen and oxygen atoms in total. The van der Waals surface area contributed by atoms with Crippen molar-refractivity contribution < 1.29 is 9.15 Å². The van der Waals surface area contributed by atoms with Gasteiger partial charge in [-0.2, -0.15) is 0 Å². The minimum atomic E-state index is -0.188. The van der Waals surface area contributed by atoms with Crippen molar-refractivity contribution >= 4 is 16.7 Å². The third-order valence-electron chi connectivity index (χ3n) is 6.05. The molecule has 3 heterocycles. The number of benzene rings is 1. The Morgan fingerprint density at radius 2 is 2.15 bits per heavy atom. The zero-order valence-electron chi connectivity index (χ0n) is 16.5. The average molecular weight is 371 g/mol. The van der Waals surface area contributed by atoms with E-state index in [1.54, 1.807) is 7.11 Å². The van der Waals surface area contributed by atoms with Gasteiger partial charge < -0.3 is 19.4 Å². The van der Waals surface area contributed by atoms with Gasteiger partial charge in [-0.25, -0.2) is 4.79 Å². The van der Waals surface area contributed by atoms with Crippen LogP contribution in [-0.2, 0) is 24.1 Å². The summed E-state index contributed by atoms with van der Waals surface area (Å²) in [5.74, 6) is 0. The molecular weight excluding hydrogens is 342 g/mol. The summed E-state index contributed by atoms with van der Waals surface area (Å²) in [7, 11) is 3.91. The molecule has 0 spiro atoms. The lowest BCUT2D eigenvalue weighted by Gasteiger charge is -2.41. The number of hydrogen-bond donors (Lipinski definition) is 1. The van der Waals surface area contributed by atoms with Gasteiger partial charge in [-0.3, -0.25) is 4.90 Å². The highest BCUT2D eigenvalue weighted by Crippen LogP contribution is 2.33. The second-order valence-electron chi connectivity index (χ2n) is 7.60. The number of piperazine rings is 1. The van der Waals surface area contributed by atoms with Crippen LogP contribution in [0.25, 0.3) is 11.0 Å². The standard InChI is InChI=1S/C21H29N3O3/c1-4-15-19(24-10-9-23(2)14(12-24)13-26-3)6-5-17-16-7-8-22-11-18(16)21(25)27-20(15)17/h5-6,14,22H,4,7-13H2,1-3H3/t14-/m1/s1. The van der Waals surface area contributed by atoms with Crippen LogP contribution in [0, 0.1) is 0 Å². The van der Waals surface area contributed by atoms with Crippen LogP contribution in [0.4, 0.5) is 5.69 Å². The van der Waals surface area contributed by atoms with E-state index in [1.165, 1.54) is 5.69 Å². The highest BCUT2D eigenvalue weighted by molar-refractivity contribution is 5.89. The van der Waals surface area contributed by atoms with E-state index < -0.39 is 0 Å². The molecule has 27 heavy (non-hydrogen) atoms. The molecule has 0 saturated carbocycles. The van der Waals surface area contributed by atoms with E-state index in [-0.39, 0.29) is 5.63 Å². The van der Waals surface area contributed by atoms with Gasteiger partial charge in [0.05, 0.1) is 18.2 Å². The van der Waals surface area contributed by atoms with Gasteiger partial charge in [0, 0.05) is 49.9 Å². The highest BCUT2D eigenvalue weighted by Gasteiger charge is 2.27. The Morgan fingerprint density at radius 1 is 1.30 bits per heavy atom. The fourth-order valence-corrected chi connectivity index (χ4v) is 4.48. The lowest BCUT2D eigenvalue weighted by molar-refractivity contribution is 0.0987. The van der Waals surface area contributed by atoms with Gasteiger partial charge in [0.25, 0.3) is 0 Å². The molecule has 1 aromatic carbocycles. The number of anilines is 1. The first kappa shape index (κ1) is 18.5. The molecule has 0 amide bonds. The van der Waals surface area contributed by atoms with Crippen molar-refractivity contribution in [2.45, 2.75) is 32.4 Å². The Balaban J connectivity index is 1.79. The number of ether oxygens (including phenoxy) is 1. The minimum Gasteiger partial charge on any atom is -0.422 e. The maximum atomic E-state index is 12.6. The van der Waals surface area contributed by atoms with Crippen molar-refractivity contribution in [2.24, 2.45) is 0 Å². The van der Waals surface area contributed by atoms with E-state index in [9.17, 15) is 4.79 Å². The van der Waals surface area contributed by atoms with Crippen LogP contribution in [0.3, 0.4) is 0 Å². The van der Waals surface area contributed by atoms with E-state index in [4.69, 9.17) is 9.15 Å². The van der Waals surface area contributed by atoms with Crippen molar-refractivity contribution in [3.05, 3.63) is 39.2 Å². The van der Waals surface area contributed by atoms with Gasteiger partial charge in [-0.05, 0) is 44.1 Å². The summed E-state index contributed by atoms with van der Waals surface area (Å²) in [6, 6.07) is 4.74. The number of nitrogens with zero attached hydrogens (tertiary/aromatic N) is 2. The van der Waals surface area contributed by atoms with Crippen molar-refractivity contribution in [1.82, 2.24) is 10.2 Å². The van der Waals surface area contributed by atoms with Crippen molar-refractivity contribution in [2.75, 3.05) is 51.8 Å². The lowest BCUT2D eigenvalue weighted by atomic mass is 9.95. The van der Waals surface area contributed by atoms with Crippen LogP contribution >= 0.6 is 0 Å². The zero-order valence-corrected chi connectivity index (χ0v) is 16.5. The van der Waals surface area contributed by atoms with Crippen molar-refractivity contribution in [3.63, 3.8) is 0 Å². The second kappa shape index (κ2) is 7.62. The van der Waals surface area contributed by atoms with E-state index in [0.717, 1.165) is 73.3 Å². The summed E-state index contributed by atoms with van der Waals surface area (Å²) in [6.07, 6.45) is 1.72. The van der Waals surface area contributed by atoms with Gasteiger partial charge in [0.1, 0.15) is 5.58 Å². The predicted molar refractivity (Wildman–Crippen MR) is 108 cm³/mol. The van der Waals surface area contributed by atoms with Gasteiger partial charge in [-0.15, -0.1) is 0 Å². The normalized spacial score (nSPS) is 20.9. The molecule has 1 atom stereocenters. The first-order chi connectivity index (χ1) is 13.1. The topological polar surface area (TPSA) is 58.0 Å². The molecule has 1 aromatic heterocycles. The highest BCUT2D eigenvalue weighted by atomic mass is 16.5. The smallest absolute Gasteiger partial charge is 0.341 e. The number of methoxy groups -OCH3 is 1. The van der Waals surface area contributed by atoms with Gasteiger partial charge in [0.15, 0.2) is 0 Å². The molecular formula is C21H29N3O3.